The van der Waals surface area contributed by atoms with Gasteiger partial charge in [0.25, 0.3) is 0 Å². The van der Waals surface area contributed by atoms with E-state index in [9.17, 15) is 9.90 Å². The van der Waals surface area contributed by atoms with Crippen LogP contribution in [0.5, 0.6) is 5.75 Å². The predicted molar refractivity (Wildman–Crippen MR) is 94.2 cm³/mol. The highest BCUT2D eigenvalue weighted by Crippen LogP contribution is 2.21. The summed E-state index contributed by atoms with van der Waals surface area (Å²) in [5, 5.41) is 10.4. The van der Waals surface area contributed by atoms with Crippen molar-refractivity contribution in [1.82, 2.24) is 4.98 Å². The van der Waals surface area contributed by atoms with E-state index in [-0.39, 0.29) is 5.43 Å². The molecule has 3 rings (SSSR count). The highest BCUT2D eigenvalue weighted by Gasteiger charge is 2.11. The predicted octanol–water partition coefficient (Wildman–Crippen LogP) is 3.33. The lowest BCUT2D eigenvalue weighted by Gasteiger charge is -2.13. The van der Waals surface area contributed by atoms with Crippen LogP contribution in [0.15, 0.2) is 71.5 Å². The van der Waals surface area contributed by atoms with Crippen LogP contribution in [-0.4, -0.2) is 17.2 Å². The summed E-state index contributed by atoms with van der Waals surface area (Å²) in [4.78, 5) is 15.2. The van der Waals surface area contributed by atoms with Gasteiger partial charge in [-0.2, -0.15) is 0 Å². The number of rotatable bonds is 5. The van der Waals surface area contributed by atoms with Gasteiger partial charge in [-0.15, -0.1) is 0 Å². The first-order valence-corrected chi connectivity index (χ1v) is 7.76. The molecule has 2 N–H and O–H groups in total. The van der Waals surface area contributed by atoms with Crippen LogP contribution in [0.2, 0.25) is 0 Å². The fourth-order valence-corrected chi connectivity index (χ4v) is 2.64. The Balaban J connectivity index is 1.84. The Morgan fingerprint density at radius 1 is 1.04 bits per heavy atom. The van der Waals surface area contributed by atoms with Gasteiger partial charge in [0.1, 0.15) is 5.75 Å². The van der Waals surface area contributed by atoms with Crippen LogP contribution in [0.3, 0.4) is 0 Å². The third-order valence-corrected chi connectivity index (χ3v) is 3.90. The Labute approximate surface area is 140 Å². The van der Waals surface area contributed by atoms with Crippen LogP contribution >= 0.6 is 0 Å². The Hall–Kier alpha value is -2.85. The summed E-state index contributed by atoms with van der Waals surface area (Å²) in [5.41, 5.74) is 3.09. The maximum atomic E-state index is 12.0. The molecule has 0 fully saturated rings. The Morgan fingerprint density at radius 3 is 2.42 bits per heavy atom. The van der Waals surface area contributed by atoms with Gasteiger partial charge in [0, 0.05) is 29.9 Å². The molecule has 3 aromatic rings. The molecule has 0 spiro atoms. The summed E-state index contributed by atoms with van der Waals surface area (Å²) < 4.78 is 5.12. The number of aromatic nitrogens is 1. The van der Waals surface area contributed by atoms with Crippen LogP contribution in [0, 0.1) is 0 Å². The molecular weight excluding hydrogens is 302 g/mol. The fourth-order valence-electron chi connectivity index (χ4n) is 2.64. The normalized spacial score (nSPS) is 11.9. The van der Waals surface area contributed by atoms with Gasteiger partial charge in [-0.3, -0.25) is 4.79 Å². The van der Waals surface area contributed by atoms with Crippen molar-refractivity contribution in [3.05, 3.63) is 88.2 Å². The summed E-state index contributed by atoms with van der Waals surface area (Å²) in [6, 6.07) is 20.0. The zero-order chi connectivity index (χ0) is 16.9. The lowest BCUT2D eigenvalue weighted by Crippen LogP contribution is -2.09. The van der Waals surface area contributed by atoms with E-state index >= 15 is 0 Å². The molecule has 0 unspecified atom stereocenters. The molecule has 0 bridgehead atoms. The minimum atomic E-state index is -0.697. The van der Waals surface area contributed by atoms with E-state index in [0.717, 1.165) is 22.6 Å². The standard InChI is InChI=1S/C20H19NO3/c1-24-18-9-7-15(8-10-18)20(23)12-16-11-17(22)13-19(21-16)14-5-3-2-4-6-14/h2-11,13,20,23H,12H2,1H3,(H,21,22)/t20-/m0/s1. The highest BCUT2D eigenvalue weighted by atomic mass is 16.5. The van der Waals surface area contributed by atoms with Crippen molar-refractivity contribution >= 4 is 0 Å². The number of nitrogens with one attached hydrogen (secondary N) is 1. The molecule has 4 heteroatoms. The molecule has 0 aliphatic heterocycles. The average molecular weight is 321 g/mol. The molecule has 2 aromatic carbocycles. The molecular formula is C20H19NO3. The van der Waals surface area contributed by atoms with Gasteiger partial charge in [0.2, 0.25) is 0 Å². The van der Waals surface area contributed by atoms with Crippen molar-refractivity contribution in [3.63, 3.8) is 0 Å². The monoisotopic (exact) mass is 321 g/mol. The second-order valence-electron chi connectivity index (χ2n) is 5.61. The average Bonchev–Trinajstić information content (AvgIpc) is 2.62. The van der Waals surface area contributed by atoms with E-state index in [2.05, 4.69) is 4.98 Å². The number of benzene rings is 2. The van der Waals surface area contributed by atoms with Crippen LogP contribution in [-0.2, 0) is 6.42 Å². The van der Waals surface area contributed by atoms with Gasteiger partial charge in [-0.25, -0.2) is 0 Å². The van der Waals surface area contributed by atoms with Crippen molar-refractivity contribution in [1.29, 1.82) is 0 Å². The molecule has 0 aliphatic carbocycles. The molecule has 1 heterocycles. The number of ether oxygens (including phenoxy) is 1. The van der Waals surface area contributed by atoms with E-state index < -0.39 is 6.10 Å². The third kappa shape index (κ3) is 3.73. The minimum absolute atomic E-state index is 0.0791. The summed E-state index contributed by atoms with van der Waals surface area (Å²) in [6.07, 6.45) is -0.361. The summed E-state index contributed by atoms with van der Waals surface area (Å²) >= 11 is 0. The number of H-pyrrole nitrogens is 1. The smallest absolute Gasteiger partial charge is 0.182 e. The first kappa shape index (κ1) is 16.0. The number of pyridine rings is 1. The van der Waals surface area contributed by atoms with E-state index in [0.29, 0.717) is 12.1 Å². The van der Waals surface area contributed by atoms with Crippen LogP contribution in [0.1, 0.15) is 17.4 Å². The van der Waals surface area contributed by atoms with E-state index in [1.54, 1.807) is 13.2 Å². The molecule has 24 heavy (non-hydrogen) atoms. The highest BCUT2D eigenvalue weighted by molar-refractivity contribution is 5.58. The fraction of sp³-hybridized carbons (Fsp3) is 0.150. The third-order valence-electron chi connectivity index (χ3n) is 3.90. The summed E-state index contributed by atoms with van der Waals surface area (Å²) in [6.45, 7) is 0. The minimum Gasteiger partial charge on any atom is -0.497 e. The van der Waals surface area contributed by atoms with Crippen LogP contribution < -0.4 is 10.2 Å². The Morgan fingerprint density at radius 2 is 1.75 bits per heavy atom. The number of aliphatic hydroxyl groups excluding tert-OH is 1. The SMILES string of the molecule is COc1ccc([C@@H](O)Cc2cc(=O)cc(-c3ccccc3)[nH]2)cc1. The largest absolute Gasteiger partial charge is 0.497 e. The van der Waals surface area contributed by atoms with Crippen molar-refractivity contribution < 1.29 is 9.84 Å². The molecule has 1 atom stereocenters. The molecule has 0 amide bonds. The van der Waals surface area contributed by atoms with Crippen molar-refractivity contribution in [2.75, 3.05) is 7.11 Å². The number of hydrogen-bond acceptors (Lipinski definition) is 3. The quantitative estimate of drug-likeness (QED) is 0.758. The first-order chi connectivity index (χ1) is 11.7. The number of methoxy groups -OCH3 is 1. The van der Waals surface area contributed by atoms with Crippen molar-refractivity contribution in [3.8, 4) is 17.0 Å². The van der Waals surface area contributed by atoms with E-state index in [1.807, 2.05) is 54.6 Å². The van der Waals surface area contributed by atoms with Gasteiger partial charge >= 0.3 is 0 Å². The zero-order valence-electron chi connectivity index (χ0n) is 13.4. The van der Waals surface area contributed by atoms with Crippen LogP contribution in [0.25, 0.3) is 11.3 Å². The van der Waals surface area contributed by atoms with Gasteiger partial charge in [-0.1, -0.05) is 42.5 Å². The summed E-state index contributed by atoms with van der Waals surface area (Å²) in [7, 11) is 1.60. The number of aromatic amines is 1. The van der Waals surface area contributed by atoms with Crippen molar-refractivity contribution in [2.24, 2.45) is 0 Å². The summed E-state index contributed by atoms with van der Waals surface area (Å²) in [5.74, 6) is 0.741. The first-order valence-electron chi connectivity index (χ1n) is 7.76. The molecule has 0 aliphatic rings. The molecule has 4 nitrogen and oxygen atoms in total. The molecule has 0 radical (unpaired) electrons. The van der Waals surface area contributed by atoms with E-state index in [1.165, 1.54) is 6.07 Å². The molecule has 1 aromatic heterocycles. The second-order valence-corrected chi connectivity index (χ2v) is 5.61. The molecule has 122 valence electrons. The Bertz CT molecular complexity index is 854. The topological polar surface area (TPSA) is 62.3 Å². The number of aliphatic hydroxyl groups is 1. The zero-order valence-corrected chi connectivity index (χ0v) is 13.4. The molecule has 0 saturated heterocycles. The lowest BCUT2D eigenvalue weighted by atomic mass is 10.0. The van der Waals surface area contributed by atoms with Gasteiger partial charge in [-0.05, 0) is 23.3 Å². The van der Waals surface area contributed by atoms with E-state index in [4.69, 9.17) is 4.74 Å². The van der Waals surface area contributed by atoms with Gasteiger partial charge in [0.05, 0.1) is 13.2 Å². The maximum Gasteiger partial charge on any atom is 0.182 e. The Kier molecular flexibility index (Phi) is 4.77. The number of hydrogen-bond donors (Lipinski definition) is 2. The van der Waals surface area contributed by atoms with Crippen LogP contribution in [0.4, 0.5) is 0 Å². The van der Waals surface area contributed by atoms with Crippen molar-refractivity contribution in [2.45, 2.75) is 12.5 Å². The lowest BCUT2D eigenvalue weighted by molar-refractivity contribution is 0.177. The van der Waals surface area contributed by atoms with Gasteiger partial charge < -0.3 is 14.8 Å². The molecule has 0 saturated carbocycles. The maximum absolute atomic E-state index is 12.0. The second kappa shape index (κ2) is 7.15. The van der Waals surface area contributed by atoms with Gasteiger partial charge in [0.15, 0.2) is 5.43 Å².